The molecule has 2 aromatic carbocycles. The van der Waals surface area contributed by atoms with Crippen LogP contribution in [0.4, 0.5) is 0 Å². The van der Waals surface area contributed by atoms with E-state index in [2.05, 4.69) is 43.3 Å². The lowest BCUT2D eigenvalue weighted by molar-refractivity contribution is 0.656. The average molecular weight is 344 g/mol. The highest BCUT2D eigenvalue weighted by molar-refractivity contribution is 6.33. The molecule has 0 spiro atoms. The zero-order chi connectivity index (χ0) is 18.1. The molecule has 2 N–H and O–H groups in total. The van der Waals surface area contributed by atoms with E-state index in [0.717, 1.165) is 17.0 Å². The Morgan fingerprint density at radius 3 is 2.33 bits per heavy atom. The van der Waals surface area contributed by atoms with E-state index in [1.165, 1.54) is 22.3 Å². The van der Waals surface area contributed by atoms with Gasteiger partial charge in [0, 0.05) is 10.6 Å². The van der Waals surface area contributed by atoms with Gasteiger partial charge in [-0.3, -0.25) is 0 Å². The zero-order valence-corrected chi connectivity index (χ0v) is 16.3. The molecule has 2 heteroatoms. The first kappa shape index (κ1) is 20.5. The second-order valence-electron chi connectivity index (χ2n) is 5.36. The van der Waals surface area contributed by atoms with Crippen molar-refractivity contribution in [1.29, 1.82) is 0 Å². The van der Waals surface area contributed by atoms with Crippen LogP contribution in [0.15, 0.2) is 42.5 Å². The number of hydrogen-bond donors (Lipinski definition) is 1. The molecule has 0 heterocycles. The molecule has 1 aliphatic rings. The Labute approximate surface area is 152 Å². The number of benzene rings is 2. The molecule has 130 valence electrons. The fourth-order valence-corrected chi connectivity index (χ4v) is 3.25. The molecule has 1 aliphatic carbocycles. The predicted molar refractivity (Wildman–Crippen MR) is 110 cm³/mol. The van der Waals surface area contributed by atoms with Crippen LogP contribution in [-0.2, 0) is 6.42 Å². The highest BCUT2D eigenvalue weighted by atomic mass is 35.5. The van der Waals surface area contributed by atoms with Gasteiger partial charge in [0.25, 0.3) is 0 Å². The van der Waals surface area contributed by atoms with Gasteiger partial charge in [-0.1, -0.05) is 81.8 Å². The van der Waals surface area contributed by atoms with Crippen LogP contribution < -0.4 is 5.73 Å². The maximum atomic E-state index is 6.43. The largest absolute Gasteiger partial charge is 0.330 e. The van der Waals surface area contributed by atoms with E-state index in [1.807, 2.05) is 39.8 Å². The molecule has 0 saturated carbocycles. The molecule has 0 unspecified atom stereocenters. The van der Waals surface area contributed by atoms with E-state index in [-0.39, 0.29) is 0 Å². The summed E-state index contributed by atoms with van der Waals surface area (Å²) in [4.78, 5) is 0. The highest BCUT2D eigenvalue weighted by Crippen LogP contribution is 2.37. The van der Waals surface area contributed by atoms with Crippen molar-refractivity contribution < 1.29 is 0 Å². The van der Waals surface area contributed by atoms with E-state index < -0.39 is 0 Å². The van der Waals surface area contributed by atoms with Gasteiger partial charge in [0.1, 0.15) is 0 Å². The van der Waals surface area contributed by atoms with Crippen LogP contribution in [0.1, 0.15) is 44.4 Å². The van der Waals surface area contributed by atoms with Crippen LogP contribution in [0.25, 0.3) is 17.2 Å². The Balaban J connectivity index is 0.000000671. The van der Waals surface area contributed by atoms with Crippen LogP contribution in [0, 0.1) is 12.8 Å². The summed E-state index contributed by atoms with van der Waals surface area (Å²) in [5.41, 5.74) is 12.1. The third kappa shape index (κ3) is 4.49. The SMILES string of the molecule is CC.CC.Cc1cccc(Cl)c1-c1cccc2c1C[C@@H](CN)C=C2. The van der Waals surface area contributed by atoms with Crippen LogP contribution in [-0.4, -0.2) is 6.54 Å². The molecule has 2 aromatic rings. The fourth-order valence-electron chi connectivity index (χ4n) is 2.93. The van der Waals surface area contributed by atoms with Gasteiger partial charge in [-0.25, -0.2) is 0 Å². The van der Waals surface area contributed by atoms with Gasteiger partial charge >= 0.3 is 0 Å². The minimum absolute atomic E-state index is 0.423. The maximum absolute atomic E-state index is 6.43. The molecule has 1 nitrogen and oxygen atoms in total. The van der Waals surface area contributed by atoms with E-state index in [9.17, 15) is 0 Å². The summed E-state index contributed by atoms with van der Waals surface area (Å²) in [6.07, 6.45) is 5.39. The summed E-state index contributed by atoms with van der Waals surface area (Å²) in [6.45, 7) is 10.8. The van der Waals surface area contributed by atoms with Crippen LogP contribution in [0.3, 0.4) is 0 Å². The number of fused-ring (bicyclic) bond motifs is 1. The Bertz CT molecular complexity index is 653. The number of nitrogens with two attached hydrogens (primary N) is 1. The fraction of sp³-hybridized carbons (Fsp3) is 0.364. The van der Waals surface area contributed by atoms with E-state index in [1.54, 1.807) is 0 Å². The maximum Gasteiger partial charge on any atom is 0.0487 e. The standard InChI is InChI=1S/C18H18ClN.2C2H6/c1-12-4-2-7-17(19)18(12)15-6-3-5-14-9-8-13(11-20)10-16(14)15;2*1-2/h2-9,13H,10-11,20H2,1H3;2*1-2H3/t13-;;/m0../s1. The summed E-state index contributed by atoms with van der Waals surface area (Å²) in [5, 5.41) is 0.817. The lowest BCUT2D eigenvalue weighted by atomic mass is 9.84. The number of rotatable bonds is 2. The van der Waals surface area contributed by atoms with E-state index >= 15 is 0 Å². The first-order valence-electron chi connectivity index (χ1n) is 8.96. The van der Waals surface area contributed by atoms with Crippen molar-refractivity contribution in [3.05, 3.63) is 64.2 Å². The normalized spacial score (nSPS) is 14.7. The molecule has 24 heavy (non-hydrogen) atoms. The summed E-state index contributed by atoms with van der Waals surface area (Å²) in [7, 11) is 0. The smallest absolute Gasteiger partial charge is 0.0487 e. The van der Waals surface area contributed by atoms with Crippen LogP contribution in [0.2, 0.25) is 5.02 Å². The lowest BCUT2D eigenvalue weighted by Crippen LogP contribution is -2.17. The van der Waals surface area contributed by atoms with Gasteiger partial charge in [0.15, 0.2) is 0 Å². The third-order valence-corrected chi connectivity index (χ3v) is 4.34. The summed E-state index contributed by atoms with van der Waals surface area (Å²) >= 11 is 6.43. The Morgan fingerprint density at radius 2 is 1.71 bits per heavy atom. The van der Waals surface area contributed by atoms with Crippen LogP contribution >= 0.6 is 11.6 Å². The molecule has 0 saturated heterocycles. The molecule has 0 radical (unpaired) electrons. The molecule has 1 atom stereocenters. The molecular weight excluding hydrogens is 314 g/mol. The summed E-state index contributed by atoms with van der Waals surface area (Å²) in [6, 6.07) is 12.5. The molecule has 3 rings (SSSR count). The third-order valence-electron chi connectivity index (χ3n) is 4.02. The first-order valence-corrected chi connectivity index (χ1v) is 9.34. The molecule has 0 bridgehead atoms. The minimum Gasteiger partial charge on any atom is -0.330 e. The first-order chi connectivity index (χ1) is 11.7. The average Bonchev–Trinajstić information content (AvgIpc) is 2.64. The Morgan fingerprint density at radius 1 is 1.04 bits per heavy atom. The van der Waals surface area contributed by atoms with Crippen molar-refractivity contribution in [2.45, 2.75) is 41.0 Å². The van der Waals surface area contributed by atoms with Gasteiger partial charge in [-0.15, -0.1) is 0 Å². The van der Waals surface area contributed by atoms with Crippen molar-refractivity contribution in [1.82, 2.24) is 0 Å². The van der Waals surface area contributed by atoms with Crippen molar-refractivity contribution in [3.63, 3.8) is 0 Å². The van der Waals surface area contributed by atoms with Crippen molar-refractivity contribution >= 4 is 17.7 Å². The lowest BCUT2D eigenvalue weighted by Gasteiger charge is -2.22. The van der Waals surface area contributed by atoms with Gasteiger partial charge in [-0.2, -0.15) is 0 Å². The van der Waals surface area contributed by atoms with Gasteiger partial charge in [0.05, 0.1) is 0 Å². The minimum atomic E-state index is 0.423. The van der Waals surface area contributed by atoms with Crippen LogP contribution in [0.5, 0.6) is 0 Å². The molecule has 0 fully saturated rings. The molecule has 0 amide bonds. The summed E-state index contributed by atoms with van der Waals surface area (Å²) in [5.74, 6) is 0.423. The van der Waals surface area contributed by atoms with Crippen molar-refractivity contribution in [2.24, 2.45) is 11.7 Å². The predicted octanol–water partition coefficient (Wildman–Crippen LogP) is 6.51. The topological polar surface area (TPSA) is 26.0 Å². The second kappa shape index (κ2) is 10.3. The van der Waals surface area contributed by atoms with Crippen molar-refractivity contribution in [3.8, 4) is 11.1 Å². The zero-order valence-electron chi connectivity index (χ0n) is 15.6. The van der Waals surface area contributed by atoms with Gasteiger partial charge < -0.3 is 5.73 Å². The molecule has 0 aliphatic heterocycles. The second-order valence-corrected chi connectivity index (χ2v) is 5.77. The highest BCUT2D eigenvalue weighted by Gasteiger charge is 2.18. The Hall–Kier alpha value is -1.57. The van der Waals surface area contributed by atoms with Gasteiger partial charge in [-0.05, 0) is 54.1 Å². The quantitative estimate of drug-likeness (QED) is 0.660. The van der Waals surface area contributed by atoms with E-state index in [4.69, 9.17) is 17.3 Å². The Kier molecular flexibility index (Phi) is 8.81. The number of aryl methyl sites for hydroxylation is 1. The number of halogens is 1. The molecular formula is C22H30ClN. The monoisotopic (exact) mass is 343 g/mol. The van der Waals surface area contributed by atoms with Crippen molar-refractivity contribution in [2.75, 3.05) is 6.54 Å². The van der Waals surface area contributed by atoms with E-state index in [0.29, 0.717) is 12.5 Å². The van der Waals surface area contributed by atoms with Gasteiger partial charge in [0.2, 0.25) is 0 Å². The number of hydrogen-bond acceptors (Lipinski definition) is 1. The summed E-state index contributed by atoms with van der Waals surface area (Å²) < 4.78 is 0. The molecule has 0 aromatic heterocycles.